The maximum absolute atomic E-state index is 4.37. The third kappa shape index (κ3) is 3.34. The average molecular weight is 231 g/mol. The predicted molar refractivity (Wildman–Crippen MR) is 74.3 cm³/mol. The molecule has 3 nitrogen and oxygen atoms in total. The number of hydrogen-bond donors (Lipinski definition) is 1. The Hall–Kier alpha value is -1.77. The Labute approximate surface area is 104 Å². The first kappa shape index (κ1) is 13.3. The van der Waals surface area contributed by atoms with Gasteiger partial charge in [-0.2, -0.15) is 0 Å². The fourth-order valence-electron chi connectivity index (χ4n) is 1.64. The first-order valence-corrected chi connectivity index (χ1v) is 5.98. The maximum Gasteiger partial charge on any atom is 0.126 e. The molecule has 2 aromatic rings. The van der Waals surface area contributed by atoms with Crippen molar-refractivity contribution in [3.8, 4) is 11.1 Å². The summed E-state index contributed by atoms with van der Waals surface area (Å²) in [7, 11) is 3.91. The van der Waals surface area contributed by atoms with Gasteiger partial charge in [0.1, 0.15) is 5.82 Å². The molecule has 2 aromatic heterocycles. The topological polar surface area (TPSA) is 29.9 Å². The van der Waals surface area contributed by atoms with Gasteiger partial charge >= 0.3 is 0 Å². The van der Waals surface area contributed by atoms with E-state index in [0.717, 1.165) is 11.5 Å². The van der Waals surface area contributed by atoms with Crippen LogP contribution in [0, 0.1) is 6.92 Å². The van der Waals surface area contributed by atoms with E-state index in [1.807, 2.05) is 45.6 Å². The SMILES string of the molecule is CC.CNc1cc(-c2ccn(C)c2)cc(C)n1. The lowest BCUT2D eigenvalue weighted by molar-refractivity contribution is 0.928. The molecule has 0 aliphatic rings. The third-order valence-corrected chi connectivity index (χ3v) is 2.37. The first-order valence-electron chi connectivity index (χ1n) is 5.98. The van der Waals surface area contributed by atoms with Gasteiger partial charge in [0.2, 0.25) is 0 Å². The van der Waals surface area contributed by atoms with E-state index in [-0.39, 0.29) is 0 Å². The third-order valence-electron chi connectivity index (χ3n) is 2.37. The first-order chi connectivity index (χ1) is 8.19. The van der Waals surface area contributed by atoms with Crippen molar-refractivity contribution in [1.82, 2.24) is 9.55 Å². The van der Waals surface area contributed by atoms with E-state index in [0.29, 0.717) is 0 Å². The molecule has 92 valence electrons. The molecule has 0 unspecified atom stereocenters. The zero-order chi connectivity index (χ0) is 12.8. The zero-order valence-electron chi connectivity index (χ0n) is 11.3. The van der Waals surface area contributed by atoms with Gasteiger partial charge in [0.05, 0.1) is 0 Å². The molecule has 0 fully saturated rings. The van der Waals surface area contributed by atoms with Crippen molar-refractivity contribution in [2.45, 2.75) is 20.8 Å². The molecule has 0 aliphatic carbocycles. The molecular formula is C14H21N3. The number of anilines is 1. The molecule has 17 heavy (non-hydrogen) atoms. The highest BCUT2D eigenvalue weighted by atomic mass is 15.0. The molecule has 0 aromatic carbocycles. The van der Waals surface area contributed by atoms with Crippen molar-refractivity contribution < 1.29 is 0 Å². The van der Waals surface area contributed by atoms with E-state index in [2.05, 4.69) is 34.7 Å². The van der Waals surface area contributed by atoms with Gasteiger partial charge in [0.25, 0.3) is 0 Å². The van der Waals surface area contributed by atoms with Gasteiger partial charge in [0, 0.05) is 32.2 Å². The minimum Gasteiger partial charge on any atom is -0.373 e. The van der Waals surface area contributed by atoms with Crippen LogP contribution in [0.3, 0.4) is 0 Å². The maximum atomic E-state index is 4.37. The zero-order valence-corrected chi connectivity index (χ0v) is 11.3. The highest BCUT2D eigenvalue weighted by Gasteiger charge is 2.02. The van der Waals surface area contributed by atoms with Crippen LogP contribution in [0.4, 0.5) is 5.82 Å². The van der Waals surface area contributed by atoms with Crippen LogP contribution in [0.2, 0.25) is 0 Å². The number of rotatable bonds is 2. The number of hydrogen-bond acceptors (Lipinski definition) is 2. The molecule has 1 N–H and O–H groups in total. The van der Waals surface area contributed by atoms with E-state index in [4.69, 9.17) is 0 Å². The van der Waals surface area contributed by atoms with Crippen LogP contribution in [0.5, 0.6) is 0 Å². The summed E-state index contributed by atoms with van der Waals surface area (Å²) in [5, 5.41) is 3.07. The van der Waals surface area contributed by atoms with Gasteiger partial charge in [-0.15, -0.1) is 0 Å². The van der Waals surface area contributed by atoms with Gasteiger partial charge in [0.15, 0.2) is 0 Å². The summed E-state index contributed by atoms with van der Waals surface area (Å²) in [4.78, 5) is 4.37. The van der Waals surface area contributed by atoms with Crippen molar-refractivity contribution in [1.29, 1.82) is 0 Å². The minimum atomic E-state index is 0.911. The van der Waals surface area contributed by atoms with Crippen LogP contribution in [0.15, 0.2) is 30.6 Å². The number of aromatic nitrogens is 2. The normalized spacial score (nSPS) is 9.47. The van der Waals surface area contributed by atoms with Crippen molar-refractivity contribution in [3.05, 3.63) is 36.3 Å². The average Bonchev–Trinajstić information content (AvgIpc) is 2.78. The van der Waals surface area contributed by atoms with Crippen LogP contribution in [0.25, 0.3) is 11.1 Å². The molecule has 0 amide bonds. The lowest BCUT2D eigenvalue weighted by Crippen LogP contribution is -1.94. The fourth-order valence-corrected chi connectivity index (χ4v) is 1.64. The standard InChI is InChI=1S/C12H15N3.C2H6/c1-9-6-11(7-12(13-2)14-9)10-4-5-15(3)8-10;1-2/h4-8H,1-3H3,(H,13,14);1-2H3. The Bertz CT molecular complexity index is 472. The summed E-state index contributed by atoms with van der Waals surface area (Å²) in [5.74, 6) is 0.911. The van der Waals surface area contributed by atoms with Gasteiger partial charge in [-0.3, -0.25) is 0 Å². The molecule has 2 heterocycles. The van der Waals surface area contributed by atoms with E-state index in [1.54, 1.807) is 0 Å². The second-order valence-electron chi connectivity index (χ2n) is 3.70. The van der Waals surface area contributed by atoms with Crippen molar-refractivity contribution in [2.24, 2.45) is 7.05 Å². The quantitative estimate of drug-likeness (QED) is 0.857. The monoisotopic (exact) mass is 231 g/mol. The Morgan fingerprint density at radius 1 is 1.18 bits per heavy atom. The van der Waals surface area contributed by atoms with Gasteiger partial charge in [-0.25, -0.2) is 4.98 Å². The summed E-state index contributed by atoms with van der Waals surface area (Å²) in [6.07, 6.45) is 4.15. The van der Waals surface area contributed by atoms with Crippen molar-refractivity contribution in [2.75, 3.05) is 12.4 Å². The Balaban J connectivity index is 0.000000686. The molecular weight excluding hydrogens is 210 g/mol. The summed E-state index contributed by atoms with van der Waals surface area (Å²) in [6, 6.07) is 6.26. The Kier molecular flexibility index (Phi) is 4.76. The second kappa shape index (κ2) is 6.09. The summed E-state index contributed by atoms with van der Waals surface area (Å²) >= 11 is 0. The van der Waals surface area contributed by atoms with Gasteiger partial charge in [-0.05, 0) is 36.2 Å². The molecule has 3 heteroatoms. The molecule has 0 bridgehead atoms. The Morgan fingerprint density at radius 2 is 1.88 bits per heavy atom. The van der Waals surface area contributed by atoms with Crippen LogP contribution in [0.1, 0.15) is 19.5 Å². The van der Waals surface area contributed by atoms with Crippen LogP contribution < -0.4 is 5.32 Å². The summed E-state index contributed by atoms with van der Waals surface area (Å²) in [5.41, 5.74) is 3.45. The summed E-state index contributed by atoms with van der Waals surface area (Å²) < 4.78 is 2.05. The van der Waals surface area contributed by atoms with Crippen LogP contribution in [-0.2, 0) is 7.05 Å². The summed E-state index contributed by atoms with van der Waals surface area (Å²) in [6.45, 7) is 6.01. The van der Waals surface area contributed by atoms with Gasteiger partial charge in [-0.1, -0.05) is 13.8 Å². The second-order valence-corrected chi connectivity index (χ2v) is 3.70. The van der Waals surface area contributed by atoms with E-state index in [1.165, 1.54) is 11.1 Å². The largest absolute Gasteiger partial charge is 0.373 e. The Morgan fingerprint density at radius 3 is 2.41 bits per heavy atom. The van der Waals surface area contributed by atoms with E-state index >= 15 is 0 Å². The van der Waals surface area contributed by atoms with Crippen molar-refractivity contribution in [3.63, 3.8) is 0 Å². The molecule has 0 saturated heterocycles. The highest BCUT2D eigenvalue weighted by molar-refractivity contribution is 5.66. The lowest BCUT2D eigenvalue weighted by Gasteiger charge is -2.04. The molecule has 0 aliphatic heterocycles. The molecule has 0 spiro atoms. The van der Waals surface area contributed by atoms with Crippen LogP contribution >= 0.6 is 0 Å². The fraction of sp³-hybridized carbons (Fsp3) is 0.357. The number of nitrogens with one attached hydrogen (secondary N) is 1. The molecule has 0 atom stereocenters. The lowest BCUT2D eigenvalue weighted by atomic mass is 10.1. The number of pyridine rings is 1. The minimum absolute atomic E-state index is 0.911. The number of aryl methyl sites for hydroxylation is 2. The molecule has 0 saturated carbocycles. The predicted octanol–water partition coefficient (Wildman–Crippen LogP) is 3.46. The highest BCUT2D eigenvalue weighted by Crippen LogP contribution is 2.22. The van der Waals surface area contributed by atoms with E-state index in [9.17, 15) is 0 Å². The smallest absolute Gasteiger partial charge is 0.126 e. The van der Waals surface area contributed by atoms with E-state index < -0.39 is 0 Å². The molecule has 0 radical (unpaired) electrons. The number of nitrogens with zero attached hydrogens (tertiary/aromatic N) is 2. The van der Waals surface area contributed by atoms with Crippen LogP contribution in [-0.4, -0.2) is 16.6 Å². The van der Waals surface area contributed by atoms with Gasteiger partial charge < -0.3 is 9.88 Å². The van der Waals surface area contributed by atoms with Crippen molar-refractivity contribution >= 4 is 5.82 Å². The molecule has 2 rings (SSSR count).